The van der Waals surface area contributed by atoms with Crippen LogP contribution in [0, 0.1) is 13.8 Å². The van der Waals surface area contributed by atoms with Crippen LogP contribution in [-0.2, 0) is 14.4 Å². The Balaban J connectivity index is 0.887. The molecule has 0 bridgehead atoms. The SMILES string of the molecule is Cc1nc(Nc2ncc(C(=O)Nc3c(C)cccc3Cl)s2)cc(N2CCN(C(=O)CCCOc3cccc4c3C(=O)N(C3CCC(=O)NC3=O)C4=O)CC2)n1. The maximum absolute atomic E-state index is 13.3. The number of piperidine rings is 1. The van der Waals surface area contributed by atoms with Crippen molar-refractivity contribution < 1.29 is 33.5 Å². The third kappa shape index (κ3) is 7.98. The zero-order valence-corrected chi connectivity index (χ0v) is 31.5. The molecule has 0 radical (unpaired) electrons. The highest BCUT2D eigenvalue weighted by Crippen LogP contribution is 2.34. The van der Waals surface area contributed by atoms with E-state index in [1.165, 1.54) is 23.6 Å². The minimum Gasteiger partial charge on any atom is -0.493 e. The quantitative estimate of drug-likeness (QED) is 0.146. The summed E-state index contributed by atoms with van der Waals surface area (Å²) in [6, 6.07) is 10.8. The van der Waals surface area contributed by atoms with Crippen molar-refractivity contribution in [3.05, 3.63) is 81.1 Å². The topological polar surface area (TPSA) is 196 Å². The fraction of sp³-hybridized carbons (Fsp3) is 0.324. The molecule has 1 unspecified atom stereocenters. The van der Waals surface area contributed by atoms with Crippen LogP contribution in [-0.4, -0.2) is 99.0 Å². The number of imide groups is 2. The van der Waals surface area contributed by atoms with E-state index in [1.807, 2.05) is 19.1 Å². The number of thiazole rings is 1. The number of halogens is 1. The fourth-order valence-corrected chi connectivity index (χ4v) is 7.63. The number of ether oxygens (including phenoxy) is 1. The molecule has 16 nitrogen and oxygen atoms in total. The first-order valence-corrected chi connectivity index (χ1v) is 18.8. The molecule has 0 spiro atoms. The summed E-state index contributed by atoms with van der Waals surface area (Å²) in [6.07, 6.45) is 2.17. The third-order valence-corrected chi connectivity index (χ3v) is 10.7. The average Bonchev–Trinajstić information content (AvgIpc) is 3.73. The number of piperazine rings is 1. The van der Waals surface area contributed by atoms with Gasteiger partial charge in [0.25, 0.3) is 17.7 Å². The normalized spacial score (nSPS) is 16.9. The average molecular weight is 786 g/mol. The number of para-hydroxylation sites is 1. The molecule has 55 heavy (non-hydrogen) atoms. The molecule has 0 saturated carbocycles. The zero-order valence-electron chi connectivity index (χ0n) is 29.9. The number of amides is 6. The largest absolute Gasteiger partial charge is 0.493 e. The van der Waals surface area contributed by atoms with Gasteiger partial charge in [-0.15, -0.1) is 0 Å². The van der Waals surface area contributed by atoms with Crippen molar-refractivity contribution in [2.24, 2.45) is 0 Å². The molecule has 6 amide bonds. The Morgan fingerprint density at radius 3 is 2.56 bits per heavy atom. The number of fused-ring (bicyclic) bond motifs is 1. The van der Waals surface area contributed by atoms with Crippen LogP contribution in [0.1, 0.15) is 67.5 Å². The second-order valence-corrected chi connectivity index (χ2v) is 14.6. The molecule has 2 fully saturated rings. The van der Waals surface area contributed by atoms with Crippen LogP contribution < -0.4 is 25.6 Å². The number of aromatic nitrogens is 3. The Kier molecular flexibility index (Phi) is 10.7. The number of hydrogen-bond donors (Lipinski definition) is 3. The van der Waals surface area contributed by atoms with Crippen LogP contribution in [0.3, 0.4) is 0 Å². The van der Waals surface area contributed by atoms with E-state index in [9.17, 15) is 28.8 Å². The molecule has 3 N–H and O–H groups in total. The number of nitrogens with one attached hydrogen (secondary N) is 3. The van der Waals surface area contributed by atoms with Gasteiger partial charge in [0.15, 0.2) is 5.13 Å². The van der Waals surface area contributed by atoms with E-state index in [-0.39, 0.29) is 54.6 Å². The Morgan fingerprint density at radius 2 is 1.80 bits per heavy atom. The predicted molar refractivity (Wildman–Crippen MR) is 203 cm³/mol. The van der Waals surface area contributed by atoms with Crippen molar-refractivity contribution in [1.82, 2.24) is 30.1 Å². The molecule has 5 heterocycles. The number of carbonyl (C=O) groups excluding carboxylic acids is 6. The summed E-state index contributed by atoms with van der Waals surface area (Å²) < 4.78 is 5.89. The van der Waals surface area contributed by atoms with Gasteiger partial charge < -0.3 is 25.2 Å². The highest BCUT2D eigenvalue weighted by atomic mass is 35.5. The van der Waals surface area contributed by atoms with Gasteiger partial charge in [0.05, 0.1) is 34.6 Å². The van der Waals surface area contributed by atoms with E-state index in [0.717, 1.165) is 10.5 Å². The van der Waals surface area contributed by atoms with Gasteiger partial charge in [-0.1, -0.05) is 41.1 Å². The van der Waals surface area contributed by atoms with Crippen LogP contribution in [0.15, 0.2) is 48.7 Å². The molecule has 2 saturated heterocycles. The summed E-state index contributed by atoms with van der Waals surface area (Å²) in [6.45, 7) is 5.86. The zero-order chi connectivity index (χ0) is 38.8. The van der Waals surface area contributed by atoms with Crippen molar-refractivity contribution in [3.8, 4) is 5.75 Å². The second kappa shape index (κ2) is 15.8. The van der Waals surface area contributed by atoms with Crippen LogP contribution in [0.25, 0.3) is 0 Å². The van der Waals surface area contributed by atoms with Crippen LogP contribution in [0.4, 0.5) is 22.5 Å². The highest BCUT2D eigenvalue weighted by Gasteiger charge is 2.46. The Morgan fingerprint density at radius 1 is 1.02 bits per heavy atom. The van der Waals surface area contributed by atoms with E-state index in [1.54, 1.807) is 36.1 Å². The fourth-order valence-electron chi connectivity index (χ4n) is 6.64. The summed E-state index contributed by atoms with van der Waals surface area (Å²) in [7, 11) is 0. The number of anilines is 4. The number of rotatable bonds is 11. The molecule has 284 valence electrons. The van der Waals surface area contributed by atoms with Gasteiger partial charge in [-0.25, -0.2) is 15.0 Å². The maximum atomic E-state index is 13.3. The summed E-state index contributed by atoms with van der Waals surface area (Å²) in [4.78, 5) is 95.0. The molecule has 2 aromatic heterocycles. The van der Waals surface area contributed by atoms with Crippen molar-refractivity contribution in [1.29, 1.82) is 0 Å². The molecular weight excluding hydrogens is 750 g/mol. The lowest BCUT2D eigenvalue weighted by molar-refractivity contribution is -0.136. The Bertz CT molecular complexity index is 2200. The molecule has 0 aliphatic carbocycles. The first-order valence-electron chi connectivity index (χ1n) is 17.6. The highest BCUT2D eigenvalue weighted by molar-refractivity contribution is 7.17. The Hall–Kier alpha value is -5.94. The monoisotopic (exact) mass is 785 g/mol. The number of hydrogen-bond acceptors (Lipinski definition) is 13. The number of benzene rings is 2. The number of nitrogens with zero attached hydrogens (tertiary/aromatic N) is 6. The molecule has 7 rings (SSSR count). The summed E-state index contributed by atoms with van der Waals surface area (Å²) in [5, 5.41) is 9.15. The van der Waals surface area contributed by atoms with E-state index >= 15 is 0 Å². The standard InChI is InChI=1S/C37H36ClN9O7S/c1-20-6-3-8-23(38)32(20)44-34(51)26-19-39-37(55-26)42-27-18-28(41-21(2)40-27)45-13-15-46(16-14-45)30(49)10-5-17-54-25-9-4-7-22-31(25)36(53)47(35(22)52)24-11-12-29(48)43-33(24)50/h3-4,6-9,18-19,24H,5,10-17H2,1-2H3,(H,44,51)(H,43,48,50)(H,39,40,41,42). The minimum absolute atomic E-state index is 0.0279. The van der Waals surface area contributed by atoms with Crippen LogP contribution >= 0.6 is 22.9 Å². The van der Waals surface area contributed by atoms with Gasteiger partial charge in [0.1, 0.15) is 34.1 Å². The lowest BCUT2D eigenvalue weighted by atomic mass is 10.0. The van der Waals surface area contributed by atoms with Crippen LogP contribution in [0.2, 0.25) is 5.02 Å². The molecule has 3 aliphatic rings. The lowest BCUT2D eigenvalue weighted by Gasteiger charge is -2.35. The summed E-state index contributed by atoms with van der Waals surface area (Å²) in [5.74, 6) is -0.799. The lowest BCUT2D eigenvalue weighted by Crippen LogP contribution is -2.54. The summed E-state index contributed by atoms with van der Waals surface area (Å²) >= 11 is 7.45. The van der Waals surface area contributed by atoms with E-state index < -0.39 is 29.7 Å². The molecule has 4 aromatic rings. The van der Waals surface area contributed by atoms with Crippen molar-refractivity contribution in [3.63, 3.8) is 0 Å². The minimum atomic E-state index is -1.07. The van der Waals surface area contributed by atoms with Gasteiger partial charge >= 0.3 is 0 Å². The smallest absolute Gasteiger partial charge is 0.267 e. The predicted octanol–water partition coefficient (Wildman–Crippen LogP) is 4.11. The van der Waals surface area contributed by atoms with Gasteiger partial charge in [-0.2, -0.15) is 0 Å². The van der Waals surface area contributed by atoms with Gasteiger partial charge in [0, 0.05) is 45.1 Å². The number of aryl methyl sites for hydroxylation is 2. The van der Waals surface area contributed by atoms with Gasteiger partial charge in [0.2, 0.25) is 17.7 Å². The maximum Gasteiger partial charge on any atom is 0.267 e. The van der Waals surface area contributed by atoms with Crippen molar-refractivity contribution in [2.75, 3.05) is 48.3 Å². The number of carbonyl (C=O) groups is 6. The van der Waals surface area contributed by atoms with Gasteiger partial charge in [-0.3, -0.25) is 39.0 Å². The van der Waals surface area contributed by atoms with Crippen LogP contribution in [0.5, 0.6) is 5.75 Å². The van der Waals surface area contributed by atoms with E-state index in [2.05, 4.69) is 35.8 Å². The Labute approximate surface area is 324 Å². The first-order chi connectivity index (χ1) is 26.5. The third-order valence-electron chi connectivity index (χ3n) is 9.43. The molecular formula is C37H36ClN9O7S. The molecule has 3 aliphatic heterocycles. The molecule has 1 atom stereocenters. The van der Waals surface area contributed by atoms with E-state index in [0.29, 0.717) is 70.8 Å². The van der Waals surface area contributed by atoms with E-state index in [4.69, 9.17) is 16.3 Å². The van der Waals surface area contributed by atoms with Crippen molar-refractivity contribution in [2.45, 2.75) is 45.6 Å². The van der Waals surface area contributed by atoms with Crippen molar-refractivity contribution >= 4 is 80.8 Å². The molecule has 2 aromatic carbocycles. The summed E-state index contributed by atoms with van der Waals surface area (Å²) in [5.41, 5.74) is 1.60. The molecule has 18 heteroatoms. The van der Waals surface area contributed by atoms with Gasteiger partial charge in [-0.05, 0) is 50.5 Å². The second-order valence-electron chi connectivity index (χ2n) is 13.1. The first kappa shape index (κ1) is 37.4.